The van der Waals surface area contributed by atoms with Crippen LogP contribution in [0.4, 0.5) is 11.8 Å². The normalized spacial score (nSPS) is 36.0. The van der Waals surface area contributed by atoms with Crippen LogP contribution in [-0.4, -0.2) is 78.8 Å². The van der Waals surface area contributed by atoms with Crippen LogP contribution in [0, 0.1) is 34.5 Å². The van der Waals surface area contributed by atoms with Crippen LogP contribution in [0.3, 0.4) is 0 Å². The molecule has 4 heterocycles. The first-order chi connectivity index (χ1) is 22.2. The van der Waals surface area contributed by atoms with E-state index in [9.17, 15) is 9.59 Å². The lowest BCUT2D eigenvalue weighted by atomic mass is 9.50. The van der Waals surface area contributed by atoms with Gasteiger partial charge in [-0.05, 0) is 94.0 Å². The highest BCUT2D eigenvalue weighted by atomic mass is 16.1. The summed E-state index contributed by atoms with van der Waals surface area (Å²) in [5.41, 5.74) is 5.20. The summed E-state index contributed by atoms with van der Waals surface area (Å²) in [6, 6.07) is 2.13. The predicted octanol–water partition coefficient (Wildman–Crippen LogP) is 5.42. The van der Waals surface area contributed by atoms with Crippen LogP contribution in [0.1, 0.15) is 84.8 Å². The van der Waals surface area contributed by atoms with Crippen molar-refractivity contribution in [2.24, 2.45) is 34.5 Å². The Morgan fingerprint density at radius 1 is 0.957 bits per heavy atom. The van der Waals surface area contributed by atoms with E-state index in [1.54, 1.807) is 0 Å². The van der Waals surface area contributed by atoms with Gasteiger partial charge in [-0.15, -0.1) is 0 Å². The number of aromatic nitrogens is 2. The molecular formula is C38H52N6O2. The van der Waals surface area contributed by atoms with Crippen molar-refractivity contribution in [3.63, 3.8) is 0 Å². The molecule has 0 radical (unpaired) electrons. The molecule has 7 aliphatic rings. The Morgan fingerprint density at radius 3 is 2.35 bits per heavy atom. The van der Waals surface area contributed by atoms with Gasteiger partial charge in [0.1, 0.15) is 11.6 Å². The van der Waals surface area contributed by atoms with Crippen LogP contribution in [-0.2, 0) is 9.59 Å². The van der Waals surface area contributed by atoms with Crippen molar-refractivity contribution < 1.29 is 9.59 Å². The van der Waals surface area contributed by atoms with Crippen molar-refractivity contribution in [2.45, 2.75) is 79.1 Å². The number of hydrogen-bond acceptors (Lipinski definition) is 8. The SMILES string of the molecule is CC(=O)[C@H]1[C@H](C)C[C@H]2[C@@H]3CCC4=C(c5cc(N6CCCC6)nc(N6CCCC6)n5)C(=O)C=C(N5CCNCC5)[C@]4(C)C3=CC[C@@]21C. The molecule has 0 amide bonds. The third-order valence-electron chi connectivity index (χ3n) is 13.3. The van der Waals surface area contributed by atoms with Gasteiger partial charge in [0, 0.05) is 81.7 Å². The minimum atomic E-state index is -0.366. The third-order valence-corrected chi connectivity index (χ3v) is 13.3. The van der Waals surface area contributed by atoms with Crippen molar-refractivity contribution in [1.82, 2.24) is 20.2 Å². The number of nitrogens with zero attached hydrogens (tertiary/aromatic N) is 5. The van der Waals surface area contributed by atoms with Gasteiger partial charge in [-0.3, -0.25) is 9.59 Å². The van der Waals surface area contributed by atoms with Gasteiger partial charge >= 0.3 is 0 Å². The highest BCUT2D eigenvalue weighted by molar-refractivity contribution is 6.28. The van der Waals surface area contributed by atoms with Crippen molar-refractivity contribution in [2.75, 3.05) is 62.2 Å². The molecule has 8 heteroatoms. The fraction of sp³-hybridized carbons (Fsp3) is 0.684. The number of carbonyl (C=O) groups is 2. The van der Waals surface area contributed by atoms with E-state index >= 15 is 0 Å². The molecule has 3 aliphatic heterocycles. The molecule has 0 unspecified atom stereocenters. The lowest BCUT2D eigenvalue weighted by Crippen LogP contribution is -2.51. The number of hydrogen-bond donors (Lipinski definition) is 1. The number of carbonyl (C=O) groups excluding carboxylic acids is 2. The smallest absolute Gasteiger partial charge is 0.227 e. The Labute approximate surface area is 274 Å². The van der Waals surface area contributed by atoms with Gasteiger partial charge in [0.15, 0.2) is 5.78 Å². The maximum absolute atomic E-state index is 14.5. The molecule has 1 aromatic rings. The molecule has 1 aromatic heterocycles. The van der Waals surface area contributed by atoms with Crippen LogP contribution in [0.15, 0.2) is 35.1 Å². The number of nitrogens with one attached hydrogen (secondary N) is 1. The summed E-state index contributed by atoms with van der Waals surface area (Å²) in [5, 5.41) is 3.52. The molecule has 0 spiro atoms. The Hall–Kier alpha value is -3.00. The molecule has 1 N–H and O–H groups in total. The minimum absolute atomic E-state index is 0.00511. The highest BCUT2D eigenvalue weighted by Crippen LogP contribution is 2.67. The number of ketones is 2. The van der Waals surface area contributed by atoms with Gasteiger partial charge in [-0.1, -0.05) is 25.5 Å². The summed E-state index contributed by atoms with van der Waals surface area (Å²) in [6.07, 6.45) is 13.2. The Bertz CT molecular complexity index is 1490. The summed E-state index contributed by atoms with van der Waals surface area (Å²) in [7, 11) is 0. The number of allylic oxidation sites excluding steroid dienone is 4. The maximum Gasteiger partial charge on any atom is 0.227 e. The topological polar surface area (TPSA) is 81.7 Å². The van der Waals surface area contributed by atoms with E-state index < -0.39 is 0 Å². The second kappa shape index (κ2) is 11.3. The van der Waals surface area contributed by atoms with E-state index in [2.05, 4.69) is 52.9 Å². The van der Waals surface area contributed by atoms with Crippen LogP contribution in [0.5, 0.6) is 0 Å². The van der Waals surface area contributed by atoms with Gasteiger partial charge in [-0.25, -0.2) is 4.98 Å². The monoisotopic (exact) mass is 624 g/mol. The third kappa shape index (κ3) is 4.56. The van der Waals surface area contributed by atoms with Gasteiger partial charge in [0.05, 0.1) is 11.1 Å². The summed E-state index contributed by atoms with van der Waals surface area (Å²) in [6.45, 7) is 16.6. The zero-order valence-corrected chi connectivity index (χ0v) is 28.4. The molecule has 0 aromatic carbocycles. The Balaban J connectivity index is 1.29. The van der Waals surface area contributed by atoms with Crippen LogP contribution in [0.25, 0.3) is 5.57 Å². The molecule has 8 nitrogen and oxygen atoms in total. The van der Waals surface area contributed by atoms with E-state index in [-0.39, 0.29) is 22.5 Å². The van der Waals surface area contributed by atoms with Gasteiger partial charge in [0.2, 0.25) is 5.95 Å². The molecule has 6 atom stereocenters. The molecule has 5 fully saturated rings. The lowest BCUT2D eigenvalue weighted by molar-refractivity contribution is -0.126. The summed E-state index contributed by atoms with van der Waals surface area (Å²) >= 11 is 0. The average molecular weight is 625 g/mol. The molecule has 3 saturated heterocycles. The number of rotatable bonds is 5. The molecule has 246 valence electrons. The average Bonchev–Trinajstić information content (AvgIpc) is 3.82. The molecule has 4 aliphatic carbocycles. The number of anilines is 2. The first-order valence-corrected chi connectivity index (χ1v) is 18.3. The molecule has 46 heavy (non-hydrogen) atoms. The van der Waals surface area contributed by atoms with Crippen molar-refractivity contribution in [3.8, 4) is 0 Å². The van der Waals surface area contributed by atoms with Crippen LogP contribution >= 0.6 is 0 Å². The number of piperazine rings is 1. The first kappa shape index (κ1) is 30.3. The fourth-order valence-electron chi connectivity index (χ4n) is 11.3. The second-order valence-corrected chi connectivity index (χ2v) is 15.8. The molecule has 0 bridgehead atoms. The lowest BCUT2D eigenvalue weighted by Gasteiger charge is -2.56. The van der Waals surface area contributed by atoms with Crippen molar-refractivity contribution in [1.29, 1.82) is 0 Å². The standard InChI is InChI=1S/C38H52N6O2/c1-24-21-29-26-9-10-28-34(30-22-33(43-15-5-6-16-43)41-36(40-30)44-17-7-8-18-44)31(46)23-32(42-19-13-39-14-20-42)38(28,4)27(26)11-12-37(29,3)35(24)25(2)45/h11,22-24,26,29,35,39H,5-10,12-21H2,1-4H3/t24-,26-,29+,35-,37+,38-/m1/s1. The Kier molecular flexibility index (Phi) is 7.46. The zero-order chi connectivity index (χ0) is 31.8. The van der Waals surface area contributed by atoms with E-state index in [1.165, 1.54) is 29.7 Å². The summed E-state index contributed by atoms with van der Waals surface area (Å²) < 4.78 is 0. The van der Waals surface area contributed by atoms with Crippen LogP contribution < -0.4 is 15.1 Å². The van der Waals surface area contributed by atoms with E-state index in [0.29, 0.717) is 23.5 Å². The quantitative estimate of drug-likeness (QED) is 0.436. The predicted molar refractivity (Wildman–Crippen MR) is 182 cm³/mol. The first-order valence-electron chi connectivity index (χ1n) is 18.3. The number of Topliss-reactive ketones (excluding diaryl/α,β-unsaturated/α-hetero) is 1. The maximum atomic E-state index is 14.5. The van der Waals surface area contributed by atoms with E-state index in [4.69, 9.17) is 9.97 Å². The minimum Gasteiger partial charge on any atom is -0.371 e. The van der Waals surface area contributed by atoms with Crippen molar-refractivity contribution in [3.05, 3.63) is 40.8 Å². The van der Waals surface area contributed by atoms with Crippen molar-refractivity contribution >= 4 is 28.9 Å². The molecular weight excluding hydrogens is 572 g/mol. The Morgan fingerprint density at radius 2 is 1.65 bits per heavy atom. The molecule has 8 rings (SSSR count). The summed E-state index contributed by atoms with van der Waals surface area (Å²) in [4.78, 5) is 45.1. The van der Waals surface area contributed by atoms with Gasteiger partial charge in [0.25, 0.3) is 0 Å². The second-order valence-electron chi connectivity index (χ2n) is 15.8. The largest absolute Gasteiger partial charge is 0.371 e. The van der Waals surface area contributed by atoms with Crippen LogP contribution in [0.2, 0.25) is 0 Å². The number of fused-ring (bicyclic) bond motifs is 5. The van der Waals surface area contributed by atoms with E-state index in [0.717, 1.165) is 114 Å². The molecule has 2 saturated carbocycles. The fourth-order valence-corrected chi connectivity index (χ4v) is 11.3. The van der Waals surface area contributed by atoms with E-state index in [1.807, 2.05) is 13.0 Å². The van der Waals surface area contributed by atoms with Gasteiger partial charge < -0.3 is 20.0 Å². The highest BCUT2D eigenvalue weighted by Gasteiger charge is 2.60. The van der Waals surface area contributed by atoms with Gasteiger partial charge in [-0.2, -0.15) is 4.98 Å². The summed E-state index contributed by atoms with van der Waals surface area (Å²) in [5.74, 6) is 3.66. The zero-order valence-electron chi connectivity index (χ0n) is 28.4.